The van der Waals surface area contributed by atoms with Crippen molar-refractivity contribution in [3.05, 3.63) is 53.2 Å². The lowest BCUT2D eigenvalue weighted by Crippen LogP contribution is -2.07. The highest BCUT2D eigenvalue weighted by molar-refractivity contribution is 7.17. The summed E-state index contributed by atoms with van der Waals surface area (Å²) in [6, 6.07) is 11.8. The third kappa shape index (κ3) is 2.45. The molecule has 6 heteroatoms. The summed E-state index contributed by atoms with van der Waals surface area (Å²) in [5.41, 5.74) is 7.07. The highest BCUT2D eigenvalue weighted by atomic mass is 32.1. The Labute approximate surface area is 124 Å². The van der Waals surface area contributed by atoms with Gasteiger partial charge in [-0.05, 0) is 30.3 Å². The molecule has 0 aliphatic rings. The van der Waals surface area contributed by atoms with Crippen molar-refractivity contribution in [2.75, 3.05) is 0 Å². The largest absolute Gasteiger partial charge is 0.365 e. The van der Waals surface area contributed by atoms with E-state index in [0.717, 1.165) is 10.6 Å². The number of aryl methyl sites for hydroxylation is 1. The van der Waals surface area contributed by atoms with Gasteiger partial charge in [-0.3, -0.25) is 9.48 Å². The second-order valence-corrected chi connectivity index (χ2v) is 5.63. The van der Waals surface area contributed by atoms with Gasteiger partial charge >= 0.3 is 0 Å². The second kappa shape index (κ2) is 5.14. The molecule has 0 saturated heterocycles. The van der Waals surface area contributed by atoms with Gasteiger partial charge < -0.3 is 5.73 Å². The van der Waals surface area contributed by atoms with Crippen LogP contribution in [0.3, 0.4) is 0 Å². The number of rotatable bonds is 3. The average Bonchev–Trinajstić information content (AvgIpc) is 3.05. The first-order valence-electron chi connectivity index (χ1n) is 6.25. The van der Waals surface area contributed by atoms with E-state index in [1.807, 2.05) is 6.07 Å². The lowest BCUT2D eigenvalue weighted by molar-refractivity contribution is 0.100. The van der Waals surface area contributed by atoms with Crippen molar-refractivity contribution in [2.24, 2.45) is 12.8 Å². The van der Waals surface area contributed by atoms with Gasteiger partial charge in [0, 0.05) is 12.6 Å². The molecule has 2 heterocycles. The fourth-order valence-electron chi connectivity index (χ4n) is 2.11. The number of carbonyl (C=O) groups excluding carboxylic acids is 1. The highest BCUT2D eigenvalue weighted by Crippen LogP contribution is 2.31. The molecule has 0 radical (unpaired) electrons. The van der Waals surface area contributed by atoms with E-state index < -0.39 is 5.91 Å². The van der Waals surface area contributed by atoms with Crippen LogP contribution in [0.4, 0.5) is 4.39 Å². The smallest absolute Gasteiger partial charge is 0.258 e. The maximum Gasteiger partial charge on any atom is 0.258 e. The molecular formula is C15H12FN3OS. The zero-order valence-corrected chi connectivity index (χ0v) is 12.0. The van der Waals surface area contributed by atoms with Gasteiger partial charge in [-0.15, -0.1) is 11.3 Å². The Bertz CT molecular complexity index is 822. The van der Waals surface area contributed by atoms with Crippen LogP contribution in [0, 0.1) is 5.82 Å². The maximum absolute atomic E-state index is 13.8. The van der Waals surface area contributed by atoms with E-state index >= 15 is 0 Å². The van der Waals surface area contributed by atoms with Crippen LogP contribution in [0.15, 0.2) is 42.5 Å². The van der Waals surface area contributed by atoms with E-state index in [4.69, 9.17) is 5.73 Å². The van der Waals surface area contributed by atoms with Gasteiger partial charge in [-0.2, -0.15) is 5.10 Å². The van der Waals surface area contributed by atoms with Gasteiger partial charge in [-0.25, -0.2) is 4.39 Å². The maximum atomic E-state index is 13.8. The van der Waals surface area contributed by atoms with Gasteiger partial charge in [-0.1, -0.05) is 12.1 Å². The molecule has 0 unspecified atom stereocenters. The van der Waals surface area contributed by atoms with Gasteiger partial charge in [0.05, 0.1) is 21.1 Å². The number of amides is 1. The quantitative estimate of drug-likeness (QED) is 0.808. The van der Waals surface area contributed by atoms with Crippen molar-refractivity contribution in [3.8, 4) is 21.8 Å². The summed E-state index contributed by atoms with van der Waals surface area (Å²) >= 11 is 1.29. The van der Waals surface area contributed by atoms with Gasteiger partial charge in [0.15, 0.2) is 0 Å². The number of aromatic nitrogens is 2. The third-order valence-corrected chi connectivity index (χ3v) is 4.25. The molecule has 4 nitrogen and oxygen atoms in total. The van der Waals surface area contributed by atoms with Crippen LogP contribution in [-0.4, -0.2) is 15.7 Å². The molecule has 0 fully saturated rings. The molecule has 106 valence electrons. The van der Waals surface area contributed by atoms with Crippen LogP contribution in [-0.2, 0) is 7.05 Å². The number of hydrogen-bond acceptors (Lipinski definition) is 3. The molecule has 2 aromatic heterocycles. The zero-order valence-electron chi connectivity index (χ0n) is 11.2. The molecule has 0 spiro atoms. The monoisotopic (exact) mass is 301 g/mol. The van der Waals surface area contributed by atoms with E-state index in [1.165, 1.54) is 17.4 Å². The number of carbonyl (C=O) groups is 1. The topological polar surface area (TPSA) is 60.9 Å². The Morgan fingerprint density at radius 2 is 2.05 bits per heavy atom. The molecular weight excluding hydrogens is 289 g/mol. The summed E-state index contributed by atoms with van der Waals surface area (Å²) in [6.07, 6.45) is 0. The molecule has 2 N–H and O–H groups in total. The van der Waals surface area contributed by atoms with Crippen molar-refractivity contribution in [2.45, 2.75) is 0 Å². The van der Waals surface area contributed by atoms with Gasteiger partial charge in [0.1, 0.15) is 5.82 Å². The fraction of sp³-hybridized carbons (Fsp3) is 0.0667. The predicted molar refractivity (Wildman–Crippen MR) is 80.4 cm³/mol. The summed E-state index contributed by atoms with van der Waals surface area (Å²) < 4.78 is 15.5. The SMILES string of the molecule is Cn1nc(-c2ccccc2F)cc1-c1ccc(C(N)=O)s1. The Kier molecular flexibility index (Phi) is 3.31. The minimum Gasteiger partial charge on any atom is -0.365 e. The molecule has 0 aliphatic carbocycles. The van der Waals surface area contributed by atoms with Gasteiger partial charge in [0.25, 0.3) is 5.91 Å². The molecule has 0 saturated carbocycles. The lowest BCUT2D eigenvalue weighted by Gasteiger charge is -1.97. The van der Waals surface area contributed by atoms with E-state index in [1.54, 1.807) is 42.1 Å². The minimum absolute atomic E-state index is 0.314. The summed E-state index contributed by atoms with van der Waals surface area (Å²) in [4.78, 5) is 12.5. The molecule has 0 aliphatic heterocycles. The molecule has 21 heavy (non-hydrogen) atoms. The van der Waals surface area contributed by atoms with Crippen LogP contribution in [0.1, 0.15) is 9.67 Å². The fourth-order valence-corrected chi connectivity index (χ4v) is 3.01. The molecule has 0 atom stereocenters. The number of nitrogens with two attached hydrogens (primary N) is 1. The summed E-state index contributed by atoms with van der Waals surface area (Å²) in [6.45, 7) is 0. The molecule has 1 amide bonds. The Hall–Kier alpha value is -2.47. The summed E-state index contributed by atoms with van der Waals surface area (Å²) in [5.74, 6) is -0.770. The van der Waals surface area contributed by atoms with Crippen LogP contribution < -0.4 is 5.73 Å². The van der Waals surface area contributed by atoms with Crippen molar-refractivity contribution in [1.82, 2.24) is 9.78 Å². The highest BCUT2D eigenvalue weighted by Gasteiger charge is 2.14. The molecule has 3 rings (SSSR count). The third-order valence-electron chi connectivity index (χ3n) is 3.13. The first-order chi connectivity index (χ1) is 10.1. The normalized spacial score (nSPS) is 10.8. The first kappa shape index (κ1) is 13.5. The first-order valence-corrected chi connectivity index (χ1v) is 7.07. The number of halogens is 1. The Morgan fingerprint density at radius 1 is 1.29 bits per heavy atom. The minimum atomic E-state index is -0.456. The Morgan fingerprint density at radius 3 is 2.71 bits per heavy atom. The predicted octanol–water partition coefficient (Wildman–Crippen LogP) is 3.05. The lowest BCUT2D eigenvalue weighted by atomic mass is 10.1. The van der Waals surface area contributed by atoms with Crippen molar-refractivity contribution in [1.29, 1.82) is 0 Å². The van der Waals surface area contributed by atoms with Crippen LogP contribution >= 0.6 is 11.3 Å². The van der Waals surface area contributed by atoms with E-state index in [2.05, 4.69) is 5.10 Å². The standard InChI is InChI=1S/C15H12FN3OS/c1-19-12(13-6-7-14(21-13)15(17)20)8-11(18-19)9-4-2-3-5-10(9)16/h2-8H,1H3,(H2,17,20). The van der Waals surface area contributed by atoms with E-state index in [9.17, 15) is 9.18 Å². The zero-order chi connectivity index (χ0) is 15.0. The molecule has 0 bridgehead atoms. The summed E-state index contributed by atoms with van der Waals surface area (Å²) in [5, 5.41) is 4.34. The van der Waals surface area contributed by atoms with Crippen LogP contribution in [0.25, 0.3) is 21.8 Å². The summed E-state index contributed by atoms with van der Waals surface area (Å²) in [7, 11) is 1.78. The number of benzene rings is 1. The van der Waals surface area contributed by atoms with Gasteiger partial charge in [0.2, 0.25) is 0 Å². The van der Waals surface area contributed by atoms with Crippen molar-refractivity contribution in [3.63, 3.8) is 0 Å². The van der Waals surface area contributed by atoms with Crippen molar-refractivity contribution < 1.29 is 9.18 Å². The van der Waals surface area contributed by atoms with E-state index in [0.29, 0.717) is 16.1 Å². The van der Waals surface area contributed by atoms with Crippen molar-refractivity contribution >= 4 is 17.2 Å². The molecule has 1 aromatic carbocycles. The van der Waals surface area contributed by atoms with E-state index in [-0.39, 0.29) is 5.82 Å². The second-order valence-electron chi connectivity index (χ2n) is 4.55. The Balaban J connectivity index is 2.05. The number of primary amides is 1. The average molecular weight is 301 g/mol. The molecule has 3 aromatic rings. The number of hydrogen-bond donors (Lipinski definition) is 1. The number of nitrogens with zero attached hydrogens (tertiary/aromatic N) is 2. The number of thiophene rings is 1. The van der Waals surface area contributed by atoms with Crippen LogP contribution in [0.2, 0.25) is 0 Å². The van der Waals surface area contributed by atoms with Crippen LogP contribution in [0.5, 0.6) is 0 Å².